The van der Waals surface area contributed by atoms with Crippen LogP contribution >= 0.6 is 15.9 Å². The summed E-state index contributed by atoms with van der Waals surface area (Å²) in [5.41, 5.74) is 4.56. The summed E-state index contributed by atoms with van der Waals surface area (Å²) in [4.78, 5) is 35.0. The van der Waals surface area contributed by atoms with E-state index in [0.29, 0.717) is 23.5 Å². The summed E-state index contributed by atoms with van der Waals surface area (Å²) < 4.78 is 6.44. The summed E-state index contributed by atoms with van der Waals surface area (Å²) >= 11 is 3.42. The van der Waals surface area contributed by atoms with Gasteiger partial charge in [0, 0.05) is 16.7 Å². The van der Waals surface area contributed by atoms with Crippen LogP contribution in [0.15, 0.2) is 52.0 Å². The molecule has 0 aliphatic carbocycles. The summed E-state index contributed by atoms with van der Waals surface area (Å²) in [5.74, 6) is -1.32. The molecule has 2 aromatic carbocycles. The minimum atomic E-state index is -0.827. The number of hydrazone groups is 1. The number of amides is 3. The van der Waals surface area contributed by atoms with Gasteiger partial charge in [-0.15, -0.1) is 0 Å². The largest absolute Gasteiger partial charge is 0.484 e. The van der Waals surface area contributed by atoms with Gasteiger partial charge in [-0.2, -0.15) is 5.10 Å². The molecule has 0 aliphatic heterocycles. The normalized spacial score (nSPS) is 10.5. The molecule has 0 atom stereocenters. The number of ether oxygens (including phenoxy) is 1. The van der Waals surface area contributed by atoms with Gasteiger partial charge >= 0.3 is 11.8 Å². The van der Waals surface area contributed by atoms with Crippen molar-refractivity contribution in [1.82, 2.24) is 10.7 Å². The molecule has 3 amide bonds. The molecule has 0 saturated carbocycles. The molecule has 158 valence electrons. The third-order valence-corrected chi connectivity index (χ3v) is 4.70. The smallest absolute Gasteiger partial charge is 0.329 e. The quantitative estimate of drug-likeness (QED) is 0.310. The highest BCUT2D eigenvalue weighted by atomic mass is 79.9. The van der Waals surface area contributed by atoms with E-state index in [1.807, 2.05) is 26.0 Å². The van der Waals surface area contributed by atoms with Gasteiger partial charge in [-0.1, -0.05) is 22.9 Å². The third kappa shape index (κ3) is 7.67. The molecule has 8 nitrogen and oxygen atoms in total. The SMILES string of the molecule is CCCNC(=O)C(=O)N/N=C\c1ccc(OCC(=O)Nc2ccc(Br)c(C)c2)cc1. The Labute approximate surface area is 183 Å². The maximum Gasteiger partial charge on any atom is 0.329 e. The van der Waals surface area contributed by atoms with Crippen molar-refractivity contribution in [3.05, 3.63) is 58.1 Å². The van der Waals surface area contributed by atoms with Gasteiger partial charge in [0.1, 0.15) is 5.75 Å². The first-order valence-corrected chi connectivity index (χ1v) is 10.1. The van der Waals surface area contributed by atoms with Crippen molar-refractivity contribution in [2.45, 2.75) is 20.3 Å². The molecule has 0 saturated heterocycles. The summed E-state index contributed by atoms with van der Waals surface area (Å²) in [6, 6.07) is 12.3. The van der Waals surface area contributed by atoms with Crippen molar-refractivity contribution in [1.29, 1.82) is 0 Å². The lowest BCUT2D eigenvalue weighted by Gasteiger charge is -2.09. The van der Waals surface area contributed by atoms with E-state index in [-0.39, 0.29) is 12.5 Å². The van der Waals surface area contributed by atoms with Gasteiger partial charge in [0.15, 0.2) is 6.61 Å². The van der Waals surface area contributed by atoms with Crippen LogP contribution < -0.4 is 20.8 Å². The fourth-order valence-corrected chi connectivity index (χ4v) is 2.50. The molecule has 30 heavy (non-hydrogen) atoms. The molecular formula is C21H23BrN4O4. The molecule has 2 rings (SSSR count). The predicted molar refractivity (Wildman–Crippen MR) is 118 cm³/mol. The van der Waals surface area contributed by atoms with E-state index in [4.69, 9.17) is 4.74 Å². The van der Waals surface area contributed by atoms with Crippen LogP contribution in [0.2, 0.25) is 0 Å². The number of rotatable bonds is 8. The summed E-state index contributed by atoms with van der Waals surface area (Å²) in [6.45, 7) is 4.12. The van der Waals surface area contributed by atoms with Gasteiger partial charge in [0.25, 0.3) is 5.91 Å². The number of hydrogen-bond donors (Lipinski definition) is 3. The number of hydrogen-bond acceptors (Lipinski definition) is 5. The van der Waals surface area contributed by atoms with E-state index in [0.717, 1.165) is 16.5 Å². The number of benzene rings is 2. The van der Waals surface area contributed by atoms with E-state index in [2.05, 4.69) is 37.1 Å². The standard InChI is InChI=1S/C21H23BrN4O4/c1-3-10-23-20(28)21(29)26-24-12-15-4-7-17(8-5-15)30-13-19(27)25-16-6-9-18(22)14(2)11-16/h4-9,11-12H,3,10,13H2,1-2H3,(H,23,28)(H,25,27)(H,26,29)/b24-12-. The highest BCUT2D eigenvalue weighted by Gasteiger charge is 2.10. The molecule has 0 radical (unpaired) electrons. The fraction of sp³-hybridized carbons (Fsp3) is 0.238. The minimum Gasteiger partial charge on any atom is -0.484 e. The molecule has 0 fully saturated rings. The summed E-state index contributed by atoms with van der Waals surface area (Å²) in [6.07, 6.45) is 2.14. The second kappa shape index (κ2) is 11.7. The highest BCUT2D eigenvalue weighted by Crippen LogP contribution is 2.20. The van der Waals surface area contributed by atoms with Crippen molar-refractivity contribution in [3.63, 3.8) is 0 Å². The van der Waals surface area contributed by atoms with Crippen LogP contribution in [0.4, 0.5) is 5.69 Å². The highest BCUT2D eigenvalue weighted by molar-refractivity contribution is 9.10. The van der Waals surface area contributed by atoms with Crippen LogP contribution in [0.3, 0.4) is 0 Å². The second-order valence-corrected chi connectivity index (χ2v) is 7.18. The molecule has 0 bridgehead atoms. The van der Waals surface area contributed by atoms with Gasteiger partial charge in [-0.05, 0) is 66.9 Å². The van der Waals surface area contributed by atoms with E-state index in [9.17, 15) is 14.4 Å². The van der Waals surface area contributed by atoms with Crippen molar-refractivity contribution in [3.8, 4) is 5.75 Å². The minimum absolute atomic E-state index is 0.133. The lowest BCUT2D eigenvalue weighted by Crippen LogP contribution is -2.38. The Morgan fingerprint density at radius 3 is 2.50 bits per heavy atom. The first kappa shape index (κ1) is 23.1. The molecule has 0 aliphatic rings. The summed E-state index contributed by atoms with van der Waals surface area (Å²) in [5, 5.41) is 8.97. The van der Waals surface area contributed by atoms with Gasteiger partial charge in [-0.25, -0.2) is 5.43 Å². The van der Waals surface area contributed by atoms with E-state index in [1.54, 1.807) is 30.3 Å². The lowest BCUT2D eigenvalue weighted by atomic mass is 10.2. The molecule has 0 unspecified atom stereocenters. The molecule has 0 heterocycles. The van der Waals surface area contributed by atoms with Crippen LogP contribution in [0.1, 0.15) is 24.5 Å². The summed E-state index contributed by atoms with van der Waals surface area (Å²) in [7, 11) is 0. The maximum atomic E-state index is 12.0. The first-order chi connectivity index (χ1) is 14.4. The molecule has 0 spiro atoms. The zero-order chi connectivity index (χ0) is 21.9. The average Bonchev–Trinajstić information content (AvgIpc) is 2.74. The Balaban J connectivity index is 1.78. The van der Waals surface area contributed by atoms with Crippen molar-refractivity contribution in [2.24, 2.45) is 5.10 Å². The molecule has 0 aromatic heterocycles. The maximum absolute atomic E-state index is 12.0. The molecular weight excluding hydrogens is 452 g/mol. The number of nitrogens with one attached hydrogen (secondary N) is 3. The van der Waals surface area contributed by atoms with Gasteiger partial charge in [0.2, 0.25) is 0 Å². The topological polar surface area (TPSA) is 109 Å². The monoisotopic (exact) mass is 474 g/mol. The van der Waals surface area contributed by atoms with E-state index in [1.165, 1.54) is 6.21 Å². The van der Waals surface area contributed by atoms with Crippen molar-refractivity contribution >= 4 is 45.6 Å². The number of carbonyl (C=O) groups is 3. The molecule has 3 N–H and O–H groups in total. The first-order valence-electron chi connectivity index (χ1n) is 9.29. The Morgan fingerprint density at radius 2 is 1.83 bits per heavy atom. The van der Waals surface area contributed by atoms with Gasteiger partial charge < -0.3 is 15.4 Å². The number of carbonyl (C=O) groups excluding carboxylic acids is 3. The Hall–Kier alpha value is -3.20. The molecule has 2 aromatic rings. The number of halogens is 1. The number of nitrogens with zero attached hydrogens (tertiary/aromatic N) is 1. The van der Waals surface area contributed by atoms with Crippen LogP contribution in [-0.4, -0.2) is 37.1 Å². The van der Waals surface area contributed by atoms with Crippen LogP contribution in [-0.2, 0) is 14.4 Å². The fourth-order valence-electron chi connectivity index (χ4n) is 2.25. The Morgan fingerprint density at radius 1 is 1.10 bits per heavy atom. The average molecular weight is 475 g/mol. The lowest BCUT2D eigenvalue weighted by molar-refractivity contribution is -0.139. The third-order valence-electron chi connectivity index (χ3n) is 3.81. The Kier molecular flexibility index (Phi) is 9.02. The zero-order valence-electron chi connectivity index (χ0n) is 16.7. The predicted octanol–water partition coefficient (Wildman–Crippen LogP) is 2.75. The Bertz CT molecular complexity index is 929. The van der Waals surface area contributed by atoms with Crippen molar-refractivity contribution in [2.75, 3.05) is 18.5 Å². The van der Waals surface area contributed by atoms with Crippen LogP contribution in [0.5, 0.6) is 5.75 Å². The second-order valence-electron chi connectivity index (χ2n) is 6.32. The van der Waals surface area contributed by atoms with Gasteiger partial charge in [-0.3, -0.25) is 14.4 Å². The van der Waals surface area contributed by atoms with E-state index < -0.39 is 11.8 Å². The molecule has 9 heteroatoms. The van der Waals surface area contributed by atoms with Gasteiger partial charge in [0.05, 0.1) is 6.21 Å². The zero-order valence-corrected chi connectivity index (χ0v) is 18.3. The van der Waals surface area contributed by atoms with Crippen molar-refractivity contribution < 1.29 is 19.1 Å². The van der Waals surface area contributed by atoms with Crippen LogP contribution in [0, 0.1) is 6.92 Å². The van der Waals surface area contributed by atoms with E-state index >= 15 is 0 Å². The van der Waals surface area contributed by atoms with Crippen LogP contribution in [0.25, 0.3) is 0 Å². The number of anilines is 1. The number of aryl methyl sites for hydroxylation is 1.